The van der Waals surface area contributed by atoms with E-state index < -0.39 is 0 Å². The maximum atomic E-state index is 5.50. The minimum absolute atomic E-state index is 0.616. The summed E-state index contributed by atoms with van der Waals surface area (Å²) < 4.78 is 5.50. The Kier molecular flexibility index (Phi) is 5.43. The van der Waals surface area contributed by atoms with E-state index in [1.54, 1.807) is 0 Å². The summed E-state index contributed by atoms with van der Waals surface area (Å²) >= 11 is 1.82. The standard InChI is InChI=1S/C20H30N4OS/c1-14-15(2)26-20-18(14)19(23(3)16-7-5-4-6-8-16)21-17(22-20)13-24-9-11-25-12-10-24/h16H,4-13H2,1-3H3/p+1. The summed E-state index contributed by atoms with van der Waals surface area (Å²) in [4.78, 5) is 16.6. The number of aryl methyl sites for hydroxylation is 2. The molecule has 1 saturated heterocycles. The predicted molar refractivity (Wildman–Crippen MR) is 107 cm³/mol. The van der Waals surface area contributed by atoms with Crippen molar-refractivity contribution >= 4 is 27.4 Å². The Balaban J connectivity index is 1.70. The van der Waals surface area contributed by atoms with Crippen LogP contribution in [0.2, 0.25) is 0 Å². The minimum Gasteiger partial charge on any atom is -0.370 e. The molecule has 1 aliphatic heterocycles. The van der Waals surface area contributed by atoms with Gasteiger partial charge in [-0.2, -0.15) is 0 Å². The van der Waals surface area contributed by atoms with E-state index in [0.717, 1.165) is 49.3 Å². The number of thiophene rings is 1. The molecule has 1 saturated carbocycles. The molecule has 2 aromatic rings. The van der Waals surface area contributed by atoms with E-state index >= 15 is 0 Å². The highest BCUT2D eigenvalue weighted by Crippen LogP contribution is 2.36. The van der Waals surface area contributed by atoms with Crippen LogP contribution in [0.1, 0.15) is 48.4 Å². The normalized spacial score (nSPS) is 20.0. The summed E-state index contributed by atoms with van der Waals surface area (Å²) in [5, 5.41) is 1.28. The summed E-state index contributed by atoms with van der Waals surface area (Å²) in [7, 11) is 2.25. The van der Waals surface area contributed by atoms with Gasteiger partial charge >= 0.3 is 0 Å². The van der Waals surface area contributed by atoms with Crippen molar-refractivity contribution in [3.05, 3.63) is 16.3 Å². The van der Waals surface area contributed by atoms with Crippen LogP contribution < -0.4 is 9.80 Å². The molecule has 2 fully saturated rings. The van der Waals surface area contributed by atoms with Crippen molar-refractivity contribution in [1.82, 2.24) is 9.97 Å². The quantitative estimate of drug-likeness (QED) is 0.892. The van der Waals surface area contributed by atoms with Crippen LogP contribution in [0.3, 0.4) is 0 Å². The number of quaternary nitrogens is 1. The third-order valence-corrected chi connectivity index (χ3v) is 7.22. The Labute approximate surface area is 160 Å². The van der Waals surface area contributed by atoms with E-state index in [2.05, 4.69) is 25.8 Å². The lowest BCUT2D eigenvalue weighted by molar-refractivity contribution is -0.922. The van der Waals surface area contributed by atoms with Crippen LogP contribution >= 0.6 is 11.3 Å². The smallest absolute Gasteiger partial charge is 0.187 e. The first-order valence-corrected chi connectivity index (χ1v) is 10.9. The summed E-state index contributed by atoms with van der Waals surface area (Å²) in [6, 6.07) is 0.616. The molecule has 4 rings (SSSR count). The van der Waals surface area contributed by atoms with Crippen molar-refractivity contribution in [3.63, 3.8) is 0 Å². The number of anilines is 1. The molecule has 0 aromatic carbocycles. The van der Waals surface area contributed by atoms with E-state index in [9.17, 15) is 0 Å². The first kappa shape index (κ1) is 18.1. The maximum Gasteiger partial charge on any atom is 0.187 e. The Morgan fingerprint density at radius 1 is 1.12 bits per heavy atom. The second-order valence-electron chi connectivity index (χ2n) is 7.87. The van der Waals surface area contributed by atoms with Gasteiger partial charge in [0.05, 0.1) is 18.6 Å². The third-order valence-electron chi connectivity index (χ3n) is 6.12. The zero-order chi connectivity index (χ0) is 18.1. The van der Waals surface area contributed by atoms with Gasteiger partial charge in [0.2, 0.25) is 0 Å². The van der Waals surface area contributed by atoms with Gasteiger partial charge in [0, 0.05) is 18.0 Å². The maximum absolute atomic E-state index is 5.50. The summed E-state index contributed by atoms with van der Waals surface area (Å²) in [5.41, 5.74) is 1.35. The Morgan fingerprint density at radius 3 is 2.58 bits per heavy atom. The highest BCUT2D eigenvalue weighted by Gasteiger charge is 2.25. The van der Waals surface area contributed by atoms with Gasteiger partial charge in [-0.1, -0.05) is 19.3 Å². The minimum atomic E-state index is 0.616. The number of hydrogen-bond donors (Lipinski definition) is 1. The first-order chi connectivity index (χ1) is 12.6. The molecule has 0 unspecified atom stereocenters. The van der Waals surface area contributed by atoms with Gasteiger partial charge < -0.3 is 14.5 Å². The number of hydrogen-bond acceptors (Lipinski definition) is 5. The molecule has 3 heterocycles. The topological polar surface area (TPSA) is 42.7 Å². The fourth-order valence-corrected chi connectivity index (χ4v) is 5.35. The number of aromatic nitrogens is 2. The van der Waals surface area contributed by atoms with Crippen molar-refractivity contribution in [2.24, 2.45) is 0 Å². The van der Waals surface area contributed by atoms with Gasteiger partial charge in [-0.25, -0.2) is 9.97 Å². The van der Waals surface area contributed by atoms with Crippen LogP contribution in [0.25, 0.3) is 10.2 Å². The Bertz CT molecular complexity index is 763. The number of morpholine rings is 1. The van der Waals surface area contributed by atoms with Crippen molar-refractivity contribution in [2.75, 3.05) is 38.3 Å². The molecular weight excluding hydrogens is 344 g/mol. The van der Waals surface area contributed by atoms with E-state index in [4.69, 9.17) is 14.7 Å². The molecule has 0 amide bonds. The van der Waals surface area contributed by atoms with Gasteiger partial charge in [-0.05, 0) is 32.3 Å². The van der Waals surface area contributed by atoms with Crippen LogP contribution in [0.4, 0.5) is 5.82 Å². The van der Waals surface area contributed by atoms with Gasteiger partial charge in [0.15, 0.2) is 5.82 Å². The highest BCUT2D eigenvalue weighted by atomic mass is 32.1. The number of nitrogens with zero attached hydrogens (tertiary/aromatic N) is 3. The van der Waals surface area contributed by atoms with Crippen LogP contribution in [-0.2, 0) is 11.3 Å². The number of rotatable bonds is 4. The molecule has 0 radical (unpaired) electrons. The van der Waals surface area contributed by atoms with Crippen molar-refractivity contribution in [2.45, 2.75) is 58.5 Å². The monoisotopic (exact) mass is 375 g/mol. The highest BCUT2D eigenvalue weighted by molar-refractivity contribution is 7.18. The first-order valence-electron chi connectivity index (χ1n) is 10.0. The summed E-state index contributed by atoms with van der Waals surface area (Å²) in [6.07, 6.45) is 6.64. The fourth-order valence-electron chi connectivity index (χ4n) is 4.31. The molecule has 0 atom stereocenters. The van der Waals surface area contributed by atoms with Crippen molar-refractivity contribution in [3.8, 4) is 0 Å². The lowest BCUT2D eigenvalue weighted by Gasteiger charge is -2.33. The molecule has 1 N–H and O–H groups in total. The molecule has 5 nitrogen and oxygen atoms in total. The summed E-state index contributed by atoms with van der Waals surface area (Å²) in [6.45, 7) is 9.14. The molecule has 6 heteroatoms. The molecule has 142 valence electrons. The zero-order valence-corrected chi connectivity index (χ0v) is 17.1. The number of fused-ring (bicyclic) bond motifs is 1. The lowest BCUT2D eigenvalue weighted by atomic mass is 9.94. The Morgan fingerprint density at radius 2 is 1.85 bits per heavy atom. The zero-order valence-electron chi connectivity index (χ0n) is 16.3. The Hall–Kier alpha value is -1.24. The average molecular weight is 376 g/mol. The molecule has 26 heavy (non-hydrogen) atoms. The van der Waals surface area contributed by atoms with Crippen molar-refractivity contribution in [1.29, 1.82) is 0 Å². The van der Waals surface area contributed by atoms with E-state index in [1.165, 1.54) is 52.8 Å². The van der Waals surface area contributed by atoms with Crippen LogP contribution in [-0.4, -0.2) is 49.4 Å². The van der Waals surface area contributed by atoms with Crippen LogP contribution in [0, 0.1) is 13.8 Å². The van der Waals surface area contributed by atoms with Gasteiger partial charge in [-0.15, -0.1) is 11.3 Å². The second kappa shape index (κ2) is 7.79. The van der Waals surface area contributed by atoms with E-state index in [1.807, 2.05) is 11.3 Å². The number of nitrogens with one attached hydrogen (secondary N) is 1. The molecule has 0 spiro atoms. The average Bonchev–Trinajstić information content (AvgIpc) is 2.96. The lowest BCUT2D eigenvalue weighted by Crippen LogP contribution is -3.12. The van der Waals surface area contributed by atoms with Gasteiger partial charge in [0.25, 0.3) is 0 Å². The van der Waals surface area contributed by atoms with E-state index in [-0.39, 0.29) is 0 Å². The van der Waals surface area contributed by atoms with Gasteiger partial charge in [0.1, 0.15) is 30.3 Å². The van der Waals surface area contributed by atoms with Crippen LogP contribution in [0.15, 0.2) is 0 Å². The fraction of sp³-hybridized carbons (Fsp3) is 0.700. The largest absolute Gasteiger partial charge is 0.370 e. The summed E-state index contributed by atoms with van der Waals surface area (Å²) in [5.74, 6) is 2.15. The molecule has 1 aliphatic carbocycles. The van der Waals surface area contributed by atoms with Crippen molar-refractivity contribution < 1.29 is 9.64 Å². The van der Waals surface area contributed by atoms with Gasteiger partial charge in [-0.3, -0.25) is 0 Å². The third kappa shape index (κ3) is 3.59. The molecule has 2 aliphatic rings. The van der Waals surface area contributed by atoms with Crippen LogP contribution in [0.5, 0.6) is 0 Å². The number of ether oxygens (including phenoxy) is 1. The molecular formula is C20H31N4OS+. The predicted octanol–water partition coefficient (Wildman–Crippen LogP) is 2.49. The second-order valence-corrected chi connectivity index (χ2v) is 9.07. The van der Waals surface area contributed by atoms with E-state index in [0.29, 0.717) is 6.04 Å². The SMILES string of the molecule is Cc1sc2nc(C[NH+]3CCOCC3)nc(N(C)C3CCCCC3)c2c1C. The molecule has 2 aromatic heterocycles. The molecule has 0 bridgehead atoms.